The van der Waals surface area contributed by atoms with Gasteiger partial charge in [-0.25, -0.2) is 13.9 Å². The summed E-state index contributed by atoms with van der Waals surface area (Å²) >= 11 is 0. The minimum Gasteiger partial charge on any atom is -0.494 e. The summed E-state index contributed by atoms with van der Waals surface area (Å²) < 4.78 is 30.9. The highest BCUT2D eigenvalue weighted by Crippen LogP contribution is 2.34. The van der Waals surface area contributed by atoms with Crippen molar-refractivity contribution in [1.29, 1.82) is 0 Å². The average molecular weight is 523 g/mol. The van der Waals surface area contributed by atoms with E-state index in [-0.39, 0.29) is 17.7 Å². The zero-order valence-corrected chi connectivity index (χ0v) is 22.1. The lowest BCUT2D eigenvalue weighted by Gasteiger charge is -2.34. The van der Waals surface area contributed by atoms with Crippen molar-refractivity contribution in [2.24, 2.45) is 0 Å². The number of hydrogen-bond donors (Lipinski definition) is 3. The molecular formula is C29H34N2O5S. The minimum absolute atomic E-state index is 0.0357. The number of rotatable bonds is 9. The van der Waals surface area contributed by atoms with E-state index in [0.717, 1.165) is 12.8 Å². The summed E-state index contributed by atoms with van der Waals surface area (Å²) in [5.41, 5.74) is 7.75. The molecule has 37 heavy (non-hydrogen) atoms. The molecule has 3 N–H and O–H groups in total. The summed E-state index contributed by atoms with van der Waals surface area (Å²) in [6.45, 7) is 5.48. The molecule has 0 aromatic heterocycles. The van der Waals surface area contributed by atoms with Crippen LogP contribution in [0.15, 0.2) is 71.6 Å². The highest BCUT2D eigenvalue weighted by Gasteiger charge is 2.51. The number of hydroxylamine groups is 1. The molecule has 0 radical (unpaired) electrons. The fraction of sp³-hybridized carbons (Fsp3) is 0.345. The normalized spacial score (nSPS) is 15.2. The van der Waals surface area contributed by atoms with E-state index < -0.39 is 20.5 Å². The molecule has 1 fully saturated rings. The van der Waals surface area contributed by atoms with Gasteiger partial charge in [-0.05, 0) is 105 Å². The molecule has 1 saturated heterocycles. The molecule has 3 aromatic carbocycles. The first-order valence-electron chi connectivity index (χ1n) is 12.6. The lowest BCUT2D eigenvalue weighted by atomic mass is 9.96. The van der Waals surface area contributed by atoms with Crippen LogP contribution in [0.4, 0.5) is 0 Å². The Bertz CT molecular complexity index is 1350. The largest absolute Gasteiger partial charge is 0.494 e. The van der Waals surface area contributed by atoms with Crippen molar-refractivity contribution >= 4 is 15.7 Å². The molecular weight excluding hydrogens is 488 g/mol. The Morgan fingerprint density at radius 1 is 0.973 bits per heavy atom. The van der Waals surface area contributed by atoms with E-state index in [9.17, 15) is 18.4 Å². The molecule has 1 aliphatic rings. The van der Waals surface area contributed by atoms with Crippen LogP contribution in [0.3, 0.4) is 0 Å². The average Bonchev–Trinajstić information content (AvgIpc) is 2.93. The molecule has 1 amide bonds. The van der Waals surface area contributed by atoms with Gasteiger partial charge in [0.15, 0.2) is 14.6 Å². The molecule has 4 rings (SSSR count). The van der Waals surface area contributed by atoms with Crippen LogP contribution in [0.1, 0.15) is 36.0 Å². The number of hydrogen-bond acceptors (Lipinski definition) is 6. The smallest absolute Gasteiger partial charge is 0.265 e. The highest BCUT2D eigenvalue weighted by atomic mass is 32.2. The van der Waals surface area contributed by atoms with Gasteiger partial charge in [0, 0.05) is 0 Å². The van der Waals surface area contributed by atoms with Crippen molar-refractivity contribution in [3.05, 3.63) is 83.4 Å². The lowest BCUT2D eigenvalue weighted by Crippen LogP contribution is -2.57. The third-order valence-electron chi connectivity index (χ3n) is 7.22. The van der Waals surface area contributed by atoms with Gasteiger partial charge in [0.05, 0.1) is 11.5 Å². The maximum atomic E-state index is 13.4. The number of amides is 1. The fourth-order valence-electron chi connectivity index (χ4n) is 4.78. The van der Waals surface area contributed by atoms with Crippen molar-refractivity contribution in [2.75, 3.05) is 19.7 Å². The van der Waals surface area contributed by atoms with Crippen LogP contribution in [-0.2, 0) is 21.1 Å². The standard InChI is InChI=1S/C29H34N2O5S/c1-21-8-9-25(19-22(21)2)24-7-3-5-23(20-24)6-4-18-36-26-10-12-27(13-11-26)37(34,35)29(28(32)31-33)14-16-30-17-15-29/h3,5,7-13,19-20,30,33H,4,6,14-18H2,1-2H3,(H,31,32). The van der Waals surface area contributed by atoms with Crippen LogP contribution >= 0.6 is 0 Å². The molecule has 0 atom stereocenters. The number of ether oxygens (including phenoxy) is 1. The second-order valence-corrected chi connectivity index (χ2v) is 11.9. The predicted octanol–water partition coefficient (Wildman–Crippen LogP) is 4.38. The van der Waals surface area contributed by atoms with Crippen LogP contribution in [0.25, 0.3) is 11.1 Å². The Kier molecular flexibility index (Phi) is 8.32. The van der Waals surface area contributed by atoms with Gasteiger partial charge in [-0.15, -0.1) is 0 Å². The molecule has 0 aliphatic carbocycles. The van der Waals surface area contributed by atoms with Gasteiger partial charge in [-0.3, -0.25) is 10.0 Å². The number of carbonyl (C=O) groups excluding carboxylic acids is 1. The van der Waals surface area contributed by atoms with E-state index in [1.165, 1.54) is 39.9 Å². The first-order chi connectivity index (χ1) is 17.8. The van der Waals surface area contributed by atoms with E-state index in [2.05, 4.69) is 61.6 Å². The number of nitrogens with one attached hydrogen (secondary N) is 2. The zero-order valence-electron chi connectivity index (χ0n) is 21.3. The summed E-state index contributed by atoms with van der Waals surface area (Å²) in [5.74, 6) is -0.329. The Labute approximate surface area is 218 Å². The summed E-state index contributed by atoms with van der Waals surface area (Å²) in [6, 6.07) is 21.2. The summed E-state index contributed by atoms with van der Waals surface area (Å²) in [6.07, 6.45) is 1.84. The van der Waals surface area contributed by atoms with Crippen LogP contribution in [-0.4, -0.2) is 44.0 Å². The minimum atomic E-state index is -4.01. The Morgan fingerprint density at radius 2 is 1.68 bits per heavy atom. The molecule has 3 aromatic rings. The Hall–Kier alpha value is -3.20. The van der Waals surface area contributed by atoms with E-state index in [1.807, 2.05) is 0 Å². The number of aryl methyl sites for hydroxylation is 3. The third kappa shape index (κ3) is 5.71. The molecule has 1 heterocycles. The monoisotopic (exact) mass is 522 g/mol. The maximum absolute atomic E-state index is 13.4. The zero-order chi connectivity index (χ0) is 26.5. The molecule has 196 valence electrons. The molecule has 0 saturated carbocycles. The number of sulfone groups is 1. The van der Waals surface area contributed by atoms with E-state index >= 15 is 0 Å². The second-order valence-electron chi connectivity index (χ2n) is 9.61. The fourth-order valence-corrected chi connectivity index (χ4v) is 6.76. The third-order valence-corrected chi connectivity index (χ3v) is 9.74. The van der Waals surface area contributed by atoms with Gasteiger partial charge in [0.25, 0.3) is 5.91 Å². The molecule has 1 aliphatic heterocycles. The number of benzene rings is 3. The second kappa shape index (κ2) is 11.5. The molecule has 7 nitrogen and oxygen atoms in total. The van der Waals surface area contributed by atoms with E-state index in [1.54, 1.807) is 17.6 Å². The first-order valence-corrected chi connectivity index (χ1v) is 14.0. The van der Waals surface area contributed by atoms with Gasteiger partial charge >= 0.3 is 0 Å². The Morgan fingerprint density at radius 3 is 2.35 bits per heavy atom. The summed E-state index contributed by atoms with van der Waals surface area (Å²) in [4.78, 5) is 12.4. The van der Waals surface area contributed by atoms with Crippen LogP contribution in [0.2, 0.25) is 0 Å². The van der Waals surface area contributed by atoms with E-state index in [4.69, 9.17) is 4.74 Å². The number of piperidine rings is 1. The summed E-state index contributed by atoms with van der Waals surface area (Å²) in [5, 5.41) is 12.3. The van der Waals surface area contributed by atoms with Gasteiger partial charge < -0.3 is 10.1 Å². The van der Waals surface area contributed by atoms with Crippen molar-refractivity contribution in [3.63, 3.8) is 0 Å². The summed E-state index contributed by atoms with van der Waals surface area (Å²) in [7, 11) is -4.01. The van der Waals surface area contributed by atoms with Crippen molar-refractivity contribution in [3.8, 4) is 16.9 Å². The topological polar surface area (TPSA) is 105 Å². The van der Waals surface area contributed by atoms with Gasteiger partial charge in [-0.1, -0.05) is 42.5 Å². The predicted molar refractivity (Wildman–Crippen MR) is 144 cm³/mol. The SMILES string of the molecule is Cc1ccc(-c2cccc(CCCOc3ccc(S(=O)(=O)C4(C(=O)NO)CCNCC4)cc3)c2)cc1C. The van der Waals surface area contributed by atoms with Gasteiger partial charge in [0.1, 0.15) is 5.75 Å². The van der Waals surface area contributed by atoms with Crippen LogP contribution in [0, 0.1) is 13.8 Å². The molecule has 0 spiro atoms. The van der Waals surface area contributed by atoms with E-state index in [0.29, 0.717) is 25.4 Å². The highest BCUT2D eigenvalue weighted by molar-refractivity contribution is 7.93. The van der Waals surface area contributed by atoms with Crippen molar-refractivity contribution in [2.45, 2.75) is 49.2 Å². The van der Waals surface area contributed by atoms with Gasteiger partial charge in [-0.2, -0.15) is 0 Å². The van der Waals surface area contributed by atoms with Gasteiger partial charge in [0.2, 0.25) is 0 Å². The maximum Gasteiger partial charge on any atom is 0.265 e. The van der Waals surface area contributed by atoms with Crippen molar-refractivity contribution in [1.82, 2.24) is 10.8 Å². The Balaban J connectivity index is 1.36. The molecule has 8 heteroatoms. The molecule has 0 bridgehead atoms. The van der Waals surface area contributed by atoms with Crippen molar-refractivity contribution < 1.29 is 23.2 Å². The number of carbonyl (C=O) groups is 1. The van der Waals surface area contributed by atoms with Crippen LogP contribution < -0.4 is 15.5 Å². The lowest BCUT2D eigenvalue weighted by molar-refractivity contribution is -0.132. The molecule has 0 unspecified atom stereocenters. The van der Waals surface area contributed by atoms with Crippen LogP contribution in [0.5, 0.6) is 5.75 Å². The quantitative estimate of drug-likeness (QED) is 0.219. The first kappa shape index (κ1) is 26.9.